The van der Waals surface area contributed by atoms with Crippen LogP contribution in [0.15, 0.2) is 21.6 Å². The van der Waals surface area contributed by atoms with E-state index in [1.165, 1.54) is 9.45 Å². The molecule has 0 aromatic heterocycles. The average Bonchev–Trinajstić information content (AvgIpc) is 2.31. The summed E-state index contributed by atoms with van der Waals surface area (Å²) in [6.07, 6.45) is 6.62. The van der Waals surface area contributed by atoms with Crippen LogP contribution in [0.5, 0.6) is 0 Å². The molecule has 0 aliphatic heterocycles. The second kappa shape index (κ2) is 8.34. The molecule has 0 aromatic rings. The zero-order chi connectivity index (χ0) is 7.40. The fraction of sp³-hybridized carbons (Fsp3) is 0.500. The molecular weight excluding hydrogens is 231 g/mol. The van der Waals surface area contributed by atoms with Crippen molar-refractivity contribution in [2.45, 2.75) is 12.8 Å². The monoisotopic (exact) mass is 241 g/mol. The molecule has 0 saturated heterocycles. The van der Waals surface area contributed by atoms with Crippen molar-refractivity contribution in [3.63, 3.8) is 0 Å². The van der Waals surface area contributed by atoms with Gasteiger partial charge in [-0.25, -0.2) is 0 Å². The Bertz CT molecular complexity index is 178. The molecule has 0 aromatic carbocycles. The van der Waals surface area contributed by atoms with Gasteiger partial charge in [0.15, 0.2) is 0 Å². The van der Waals surface area contributed by atoms with Gasteiger partial charge in [0.1, 0.15) is 0 Å². The predicted octanol–water partition coefficient (Wildman–Crippen LogP) is -4.21. The molecule has 1 nitrogen and oxygen atoms in total. The summed E-state index contributed by atoms with van der Waals surface area (Å²) in [6, 6.07) is 0. The van der Waals surface area contributed by atoms with Gasteiger partial charge in [0.2, 0.25) is 0 Å². The molecule has 0 atom stereocenters. The van der Waals surface area contributed by atoms with Gasteiger partial charge in [-0.15, -0.1) is 0 Å². The SMILES string of the molecule is COCCC1=[C]([Ti+2])CC=C1.[Cl-].[Cl-]. The van der Waals surface area contributed by atoms with E-state index in [0.29, 0.717) is 0 Å². The first-order valence-corrected chi connectivity index (χ1v) is 4.22. The molecule has 67 valence electrons. The fourth-order valence-electron chi connectivity index (χ4n) is 0.997. The molecular formula is C8H11Cl2OTi. The Morgan fingerprint density at radius 1 is 1.50 bits per heavy atom. The summed E-state index contributed by atoms with van der Waals surface area (Å²) in [4.78, 5) is 0. The predicted molar refractivity (Wildman–Crippen MR) is 37.3 cm³/mol. The molecule has 1 aliphatic carbocycles. The van der Waals surface area contributed by atoms with Crippen LogP contribution in [0, 0.1) is 0 Å². The van der Waals surface area contributed by atoms with E-state index in [1.807, 2.05) is 0 Å². The molecule has 0 spiro atoms. The Hall–Kier alpha value is 0.734. The number of halogens is 2. The molecule has 0 unspecified atom stereocenters. The maximum absolute atomic E-state index is 4.98. The molecule has 0 fully saturated rings. The second-order valence-corrected chi connectivity index (χ2v) is 3.30. The average molecular weight is 242 g/mol. The molecule has 12 heavy (non-hydrogen) atoms. The number of methoxy groups -OCH3 is 1. The topological polar surface area (TPSA) is 9.23 Å². The van der Waals surface area contributed by atoms with E-state index in [-0.39, 0.29) is 24.8 Å². The number of hydrogen-bond donors (Lipinski definition) is 0. The zero-order valence-corrected chi connectivity index (χ0v) is 10.0. The van der Waals surface area contributed by atoms with Gasteiger partial charge < -0.3 is 24.8 Å². The molecule has 0 amide bonds. The summed E-state index contributed by atoms with van der Waals surface area (Å²) in [5.41, 5.74) is 1.46. The zero-order valence-electron chi connectivity index (χ0n) is 6.94. The Kier molecular flexibility index (Phi) is 10.6. The van der Waals surface area contributed by atoms with Crippen molar-refractivity contribution in [3.05, 3.63) is 21.6 Å². The third-order valence-electron chi connectivity index (χ3n) is 1.60. The van der Waals surface area contributed by atoms with Crippen LogP contribution in [0.4, 0.5) is 0 Å². The number of ether oxygens (including phenoxy) is 1. The third kappa shape index (κ3) is 4.69. The van der Waals surface area contributed by atoms with Crippen LogP contribution in [0.25, 0.3) is 0 Å². The van der Waals surface area contributed by atoms with Gasteiger partial charge in [-0.05, 0) is 0 Å². The Balaban J connectivity index is 0. The minimum atomic E-state index is 0. The van der Waals surface area contributed by atoms with Gasteiger partial charge in [-0.1, -0.05) is 0 Å². The Labute approximate surface area is 97.9 Å². The summed E-state index contributed by atoms with van der Waals surface area (Å²) in [5.74, 6) is 0. The van der Waals surface area contributed by atoms with Gasteiger partial charge in [0.25, 0.3) is 0 Å². The number of rotatable bonds is 3. The van der Waals surface area contributed by atoms with Crippen LogP contribution in [-0.4, -0.2) is 13.7 Å². The van der Waals surface area contributed by atoms with Gasteiger partial charge in [-0.3, -0.25) is 0 Å². The normalized spacial score (nSPS) is 14.2. The molecule has 0 N–H and O–H groups in total. The summed E-state index contributed by atoms with van der Waals surface area (Å²) in [5, 5.41) is 0. The number of hydrogen-bond acceptors (Lipinski definition) is 1. The van der Waals surface area contributed by atoms with Crippen LogP contribution < -0.4 is 24.8 Å². The molecule has 1 rings (SSSR count). The van der Waals surface area contributed by atoms with Gasteiger partial charge >= 0.3 is 73.3 Å². The first-order chi connectivity index (χ1) is 4.84. The number of allylic oxidation sites excluding steroid dienone is 3. The van der Waals surface area contributed by atoms with E-state index in [2.05, 4.69) is 32.6 Å². The van der Waals surface area contributed by atoms with Gasteiger partial charge in [-0.2, -0.15) is 0 Å². The maximum Gasteiger partial charge on any atom is -1.00 e. The van der Waals surface area contributed by atoms with Crippen LogP contribution in [-0.2, 0) is 25.2 Å². The van der Waals surface area contributed by atoms with Crippen LogP contribution >= 0.6 is 0 Å². The van der Waals surface area contributed by atoms with Crippen molar-refractivity contribution in [1.29, 1.82) is 0 Å². The van der Waals surface area contributed by atoms with Crippen molar-refractivity contribution < 1.29 is 50.0 Å². The smallest absolute Gasteiger partial charge is 1.00 e. The van der Waals surface area contributed by atoms with E-state index in [9.17, 15) is 0 Å². The van der Waals surface area contributed by atoms with Gasteiger partial charge in [0.05, 0.1) is 0 Å². The van der Waals surface area contributed by atoms with E-state index < -0.39 is 0 Å². The van der Waals surface area contributed by atoms with Crippen LogP contribution in [0.3, 0.4) is 0 Å². The Morgan fingerprint density at radius 2 is 2.17 bits per heavy atom. The molecule has 0 radical (unpaired) electrons. The molecule has 0 saturated carbocycles. The van der Waals surface area contributed by atoms with E-state index in [0.717, 1.165) is 19.4 Å². The quantitative estimate of drug-likeness (QED) is 0.456. The molecule has 0 heterocycles. The van der Waals surface area contributed by atoms with E-state index >= 15 is 0 Å². The van der Waals surface area contributed by atoms with Crippen LogP contribution in [0.1, 0.15) is 12.8 Å². The first kappa shape index (κ1) is 15.2. The largest absolute Gasteiger partial charge is 1.00 e. The van der Waals surface area contributed by atoms with Crippen LogP contribution in [0.2, 0.25) is 0 Å². The van der Waals surface area contributed by atoms with E-state index in [4.69, 9.17) is 4.74 Å². The summed E-state index contributed by atoms with van der Waals surface area (Å²) >= 11 is 2.19. The van der Waals surface area contributed by atoms with Crippen molar-refractivity contribution >= 4 is 0 Å². The van der Waals surface area contributed by atoms with Crippen molar-refractivity contribution in [3.8, 4) is 0 Å². The van der Waals surface area contributed by atoms with Crippen molar-refractivity contribution in [2.75, 3.05) is 13.7 Å². The molecule has 4 heteroatoms. The first-order valence-electron chi connectivity index (χ1n) is 3.43. The summed E-state index contributed by atoms with van der Waals surface area (Å²) in [7, 11) is 1.74. The van der Waals surface area contributed by atoms with E-state index in [1.54, 1.807) is 7.11 Å². The Morgan fingerprint density at radius 3 is 2.58 bits per heavy atom. The van der Waals surface area contributed by atoms with Crippen molar-refractivity contribution in [1.82, 2.24) is 0 Å². The summed E-state index contributed by atoms with van der Waals surface area (Å²) < 4.78 is 6.48. The molecule has 0 bridgehead atoms. The molecule has 1 aliphatic rings. The maximum atomic E-state index is 4.98. The minimum absolute atomic E-state index is 0. The minimum Gasteiger partial charge on any atom is -1.00 e. The van der Waals surface area contributed by atoms with Gasteiger partial charge in [0, 0.05) is 0 Å². The second-order valence-electron chi connectivity index (χ2n) is 2.35. The van der Waals surface area contributed by atoms with Crippen molar-refractivity contribution in [2.24, 2.45) is 0 Å². The standard InChI is InChI=1S/C8H11O.2ClH.Ti/c1-9-7-6-8-4-2-3-5-8;;;/h2,4H,3,6-7H2,1H3;2*1H;/q;;;+2/p-2. The fourth-order valence-corrected chi connectivity index (χ4v) is 1.51. The summed E-state index contributed by atoms with van der Waals surface area (Å²) in [6.45, 7) is 0.844. The third-order valence-corrected chi connectivity index (χ3v) is 2.42.